The van der Waals surface area contributed by atoms with E-state index in [2.05, 4.69) is 13.5 Å². The molecular weight excluding hydrogens is 252 g/mol. The molecule has 2 rings (SSSR count). The number of allylic oxidation sites excluding steroid dienone is 1. The first kappa shape index (κ1) is 13.4. The molecule has 3 heteroatoms. The van der Waals surface area contributed by atoms with Crippen molar-refractivity contribution >= 4 is 9.28 Å². The Balaban J connectivity index is 2.10. The Labute approximate surface area is 116 Å². The quantitative estimate of drug-likeness (QED) is 0.584. The van der Waals surface area contributed by atoms with Gasteiger partial charge in [-0.15, -0.1) is 6.58 Å². The number of para-hydroxylation sites is 2. The highest BCUT2D eigenvalue weighted by Gasteiger charge is 2.23. The second-order valence-corrected chi connectivity index (χ2v) is 6.58. The smallest absolute Gasteiger partial charge is 0.451 e. The second kappa shape index (κ2) is 6.80. The van der Waals surface area contributed by atoms with E-state index in [0.717, 1.165) is 11.5 Å². The largest absolute Gasteiger partial charge is 0.514 e. The molecule has 1 unspecified atom stereocenters. The van der Waals surface area contributed by atoms with Gasteiger partial charge in [-0.05, 0) is 24.3 Å². The van der Waals surface area contributed by atoms with Gasteiger partial charge in [0.05, 0.1) is 0 Å². The Hall–Kier alpha value is -2.00. The molecule has 0 bridgehead atoms. The molecule has 98 valence electrons. The zero-order valence-corrected chi connectivity index (χ0v) is 12.2. The van der Waals surface area contributed by atoms with E-state index in [4.69, 9.17) is 8.85 Å². The molecule has 0 spiro atoms. The van der Waals surface area contributed by atoms with Gasteiger partial charge < -0.3 is 8.85 Å². The minimum atomic E-state index is -1.90. The van der Waals surface area contributed by atoms with Crippen LogP contribution < -0.4 is 8.85 Å². The third kappa shape index (κ3) is 4.00. The van der Waals surface area contributed by atoms with Crippen LogP contribution in [0, 0.1) is 0 Å². The van der Waals surface area contributed by atoms with Crippen molar-refractivity contribution in [2.45, 2.75) is 12.5 Å². The van der Waals surface area contributed by atoms with Crippen LogP contribution in [0.15, 0.2) is 73.3 Å². The maximum absolute atomic E-state index is 6.02. The summed E-state index contributed by atoms with van der Waals surface area (Å²) < 4.78 is 12.0. The van der Waals surface area contributed by atoms with Gasteiger partial charge in [0.25, 0.3) is 0 Å². The number of rotatable bonds is 6. The highest BCUT2D eigenvalue weighted by molar-refractivity contribution is 6.48. The summed E-state index contributed by atoms with van der Waals surface area (Å²) >= 11 is 0. The molecule has 0 amide bonds. The molecular formula is C16H18O2Si. The predicted octanol–water partition coefficient (Wildman–Crippen LogP) is 3.94. The van der Waals surface area contributed by atoms with Crippen LogP contribution in [0.3, 0.4) is 0 Å². The fourth-order valence-electron chi connectivity index (χ4n) is 1.62. The van der Waals surface area contributed by atoms with Crippen LogP contribution in [0.1, 0.15) is 6.92 Å². The molecule has 0 aliphatic rings. The van der Waals surface area contributed by atoms with Gasteiger partial charge in [0.15, 0.2) is 0 Å². The summed E-state index contributed by atoms with van der Waals surface area (Å²) in [5, 5.41) is 0. The fourth-order valence-corrected chi connectivity index (χ4v) is 3.17. The van der Waals surface area contributed by atoms with Crippen LogP contribution in [0.25, 0.3) is 0 Å². The van der Waals surface area contributed by atoms with Crippen molar-refractivity contribution in [1.29, 1.82) is 0 Å². The number of benzene rings is 2. The minimum Gasteiger partial charge on any atom is -0.514 e. The van der Waals surface area contributed by atoms with E-state index in [9.17, 15) is 0 Å². The van der Waals surface area contributed by atoms with Crippen molar-refractivity contribution in [3.8, 4) is 11.5 Å². The third-order valence-electron chi connectivity index (χ3n) is 2.79. The normalized spacial score (nSPS) is 11.9. The van der Waals surface area contributed by atoms with E-state index in [1.165, 1.54) is 0 Å². The van der Waals surface area contributed by atoms with Crippen LogP contribution in [-0.2, 0) is 0 Å². The van der Waals surface area contributed by atoms with Crippen molar-refractivity contribution in [3.05, 3.63) is 73.3 Å². The molecule has 0 saturated heterocycles. The lowest BCUT2D eigenvalue weighted by molar-refractivity contribution is 0.414. The molecule has 0 aliphatic heterocycles. The van der Waals surface area contributed by atoms with Crippen molar-refractivity contribution in [3.63, 3.8) is 0 Å². The van der Waals surface area contributed by atoms with Gasteiger partial charge in [0.1, 0.15) is 11.5 Å². The summed E-state index contributed by atoms with van der Waals surface area (Å²) in [6.07, 6.45) is 1.89. The molecule has 1 atom stereocenters. The predicted molar refractivity (Wildman–Crippen MR) is 80.9 cm³/mol. The van der Waals surface area contributed by atoms with Crippen molar-refractivity contribution in [1.82, 2.24) is 0 Å². The van der Waals surface area contributed by atoms with Gasteiger partial charge >= 0.3 is 9.28 Å². The Kier molecular flexibility index (Phi) is 4.81. The zero-order chi connectivity index (χ0) is 13.5. The summed E-state index contributed by atoms with van der Waals surface area (Å²) in [5.74, 6) is 1.70. The third-order valence-corrected chi connectivity index (χ3v) is 4.93. The maximum atomic E-state index is 6.02. The minimum absolute atomic E-state index is 0.223. The Morgan fingerprint density at radius 3 is 1.68 bits per heavy atom. The summed E-state index contributed by atoms with van der Waals surface area (Å²) in [6.45, 7) is 5.92. The molecule has 2 nitrogen and oxygen atoms in total. The molecule has 19 heavy (non-hydrogen) atoms. The van der Waals surface area contributed by atoms with E-state index in [0.29, 0.717) is 0 Å². The fraction of sp³-hybridized carbons (Fsp3) is 0.125. The van der Waals surface area contributed by atoms with Crippen LogP contribution in [0.5, 0.6) is 11.5 Å². The molecule has 0 heterocycles. The molecule has 2 aromatic carbocycles. The monoisotopic (exact) mass is 270 g/mol. The zero-order valence-electron chi connectivity index (χ0n) is 11.0. The van der Waals surface area contributed by atoms with E-state index < -0.39 is 9.28 Å². The standard InChI is InChI=1S/C16H18O2Si/c1-3-14(2)19(17-15-10-6-4-7-11-15)18-16-12-8-5-9-13-16/h3-14,19H,1H2,2H3. The average Bonchev–Trinajstić information content (AvgIpc) is 2.48. The van der Waals surface area contributed by atoms with Gasteiger partial charge in [-0.3, -0.25) is 0 Å². The number of hydrogen-bond donors (Lipinski definition) is 0. The highest BCUT2D eigenvalue weighted by atomic mass is 28.3. The summed E-state index contributed by atoms with van der Waals surface area (Å²) in [5.41, 5.74) is 0.223. The molecule has 0 N–H and O–H groups in total. The van der Waals surface area contributed by atoms with Gasteiger partial charge in [0.2, 0.25) is 0 Å². The highest BCUT2D eigenvalue weighted by Crippen LogP contribution is 2.20. The van der Waals surface area contributed by atoms with E-state index in [-0.39, 0.29) is 5.54 Å². The second-order valence-electron chi connectivity index (χ2n) is 4.33. The lowest BCUT2D eigenvalue weighted by Gasteiger charge is -2.22. The Morgan fingerprint density at radius 1 is 0.895 bits per heavy atom. The van der Waals surface area contributed by atoms with Crippen LogP contribution >= 0.6 is 0 Å². The van der Waals surface area contributed by atoms with Crippen molar-refractivity contribution < 1.29 is 8.85 Å². The molecule has 2 aromatic rings. The van der Waals surface area contributed by atoms with Crippen LogP contribution in [0.4, 0.5) is 0 Å². The maximum Gasteiger partial charge on any atom is 0.451 e. The Morgan fingerprint density at radius 2 is 1.32 bits per heavy atom. The van der Waals surface area contributed by atoms with Crippen LogP contribution in [-0.4, -0.2) is 9.28 Å². The average molecular weight is 270 g/mol. The van der Waals surface area contributed by atoms with Crippen molar-refractivity contribution in [2.75, 3.05) is 0 Å². The molecule has 0 aromatic heterocycles. The number of hydrogen-bond acceptors (Lipinski definition) is 2. The molecule has 0 aliphatic carbocycles. The lowest BCUT2D eigenvalue weighted by Crippen LogP contribution is -2.33. The topological polar surface area (TPSA) is 18.5 Å². The van der Waals surface area contributed by atoms with E-state index in [1.807, 2.05) is 66.7 Å². The summed E-state index contributed by atoms with van der Waals surface area (Å²) in [4.78, 5) is 0. The van der Waals surface area contributed by atoms with E-state index in [1.54, 1.807) is 0 Å². The van der Waals surface area contributed by atoms with Gasteiger partial charge in [-0.25, -0.2) is 0 Å². The Bertz CT molecular complexity index is 457. The van der Waals surface area contributed by atoms with Gasteiger partial charge in [-0.1, -0.05) is 49.4 Å². The SMILES string of the molecule is C=CC(C)[SiH](Oc1ccccc1)Oc1ccccc1. The van der Waals surface area contributed by atoms with Crippen molar-refractivity contribution in [2.24, 2.45) is 0 Å². The lowest BCUT2D eigenvalue weighted by atomic mass is 10.3. The molecule has 0 fully saturated rings. The first-order chi connectivity index (χ1) is 9.29. The van der Waals surface area contributed by atoms with E-state index >= 15 is 0 Å². The van der Waals surface area contributed by atoms with Gasteiger partial charge in [-0.2, -0.15) is 0 Å². The van der Waals surface area contributed by atoms with Gasteiger partial charge in [0, 0.05) is 5.54 Å². The molecule has 0 saturated carbocycles. The summed E-state index contributed by atoms with van der Waals surface area (Å²) in [6, 6.07) is 19.6. The molecule has 0 radical (unpaired) electrons. The first-order valence-corrected chi connectivity index (χ1v) is 7.96. The summed E-state index contributed by atoms with van der Waals surface area (Å²) in [7, 11) is -1.90. The van der Waals surface area contributed by atoms with Crippen LogP contribution in [0.2, 0.25) is 5.54 Å². The first-order valence-electron chi connectivity index (χ1n) is 6.35.